The van der Waals surface area contributed by atoms with Crippen molar-refractivity contribution in [3.63, 3.8) is 0 Å². The van der Waals surface area contributed by atoms with Gasteiger partial charge >= 0.3 is 0 Å². The molecule has 0 radical (unpaired) electrons. The third-order valence-electron chi connectivity index (χ3n) is 12.7. The molecule has 0 heterocycles. The maximum Gasteiger partial charge on any atom is 0.249 e. The van der Waals surface area contributed by atoms with Gasteiger partial charge in [0.2, 0.25) is 5.91 Å². The Morgan fingerprint density at radius 3 is 2.33 bits per heavy atom. The second kappa shape index (κ2) is 7.76. The highest BCUT2D eigenvalue weighted by molar-refractivity contribution is 6.02. The Labute approximate surface area is 215 Å². The fourth-order valence-electron chi connectivity index (χ4n) is 10.4. The Morgan fingerprint density at radius 1 is 1.03 bits per heavy atom. The average Bonchev–Trinajstić information content (AvgIpc) is 2.82. The lowest BCUT2D eigenvalue weighted by Crippen LogP contribution is -2.69. The molecule has 4 fully saturated rings. The van der Waals surface area contributed by atoms with E-state index in [1.54, 1.807) is 0 Å². The van der Waals surface area contributed by atoms with Gasteiger partial charge in [-0.15, -0.1) is 0 Å². The molecule has 6 nitrogen and oxygen atoms in total. The molecular weight excluding hydrogens is 452 g/mol. The quantitative estimate of drug-likeness (QED) is 0.375. The lowest BCUT2D eigenvalue weighted by atomic mass is 9.32. The van der Waals surface area contributed by atoms with E-state index in [1.165, 1.54) is 0 Å². The summed E-state index contributed by atoms with van der Waals surface area (Å²) in [6.45, 7) is 13.3. The van der Waals surface area contributed by atoms with Crippen molar-refractivity contribution in [1.29, 1.82) is 5.26 Å². The smallest absolute Gasteiger partial charge is 0.249 e. The largest absolute Gasteiger partial charge is 0.299 e. The predicted molar refractivity (Wildman–Crippen MR) is 134 cm³/mol. The first-order chi connectivity index (χ1) is 16.7. The molecule has 2 N–H and O–H groups in total. The van der Waals surface area contributed by atoms with Gasteiger partial charge in [0.1, 0.15) is 11.9 Å². The van der Waals surface area contributed by atoms with E-state index >= 15 is 0 Å². The Kier molecular flexibility index (Phi) is 5.53. The monoisotopic (exact) mass is 494 g/mol. The number of carbonyl (C=O) groups is 3. The number of hydrogen-bond donors (Lipinski definition) is 2. The topological polar surface area (TPSA) is 107 Å². The van der Waals surface area contributed by atoms with E-state index in [0.717, 1.165) is 32.1 Å². The lowest BCUT2D eigenvalue weighted by Gasteiger charge is -2.71. The van der Waals surface area contributed by atoms with Crippen LogP contribution in [0, 0.1) is 68.0 Å². The van der Waals surface area contributed by atoms with E-state index in [1.807, 2.05) is 18.5 Å². The number of hydroxylamine groups is 1. The van der Waals surface area contributed by atoms with Crippen LogP contribution in [0.15, 0.2) is 11.6 Å². The van der Waals surface area contributed by atoms with Gasteiger partial charge in [0.15, 0.2) is 5.78 Å². The van der Waals surface area contributed by atoms with Crippen LogP contribution in [0.2, 0.25) is 0 Å². The fraction of sp³-hybridized carbons (Fsp3) is 0.800. The standard InChI is InChI=1S/C30H42N2O4/c1-17-19-7-8-28(5)22(27(19,4)14-18(16-31)24(17)34)13-21(33)23-20-15-26(2,3)9-11-30(20,25(35)32-36)12-10-29(23,28)6/h14,17,19-20,22-23,36H,7-13,15H2,1-6H3,(H,32,35)/t17-,19-,20?,22+,23+,27-,28+,29+,30-/m0/s1. The van der Waals surface area contributed by atoms with Crippen molar-refractivity contribution in [2.24, 2.45) is 56.7 Å². The molecule has 5 aliphatic rings. The molecule has 36 heavy (non-hydrogen) atoms. The van der Waals surface area contributed by atoms with Gasteiger partial charge in [-0.1, -0.05) is 47.6 Å². The zero-order valence-corrected chi connectivity index (χ0v) is 22.7. The number of Topliss-reactive ketones (excluding diaryl/α,β-unsaturated/α-hetero) is 2. The summed E-state index contributed by atoms with van der Waals surface area (Å²) in [4.78, 5) is 40.4. The maximum absolute atomic E-state index is 14.3. The van der Waals surface area contributed by atoms with Crippen LogP contribution < -0.4 is 5.48 Å². The molecule has 1 unspecified atom stereocenters. The Hall–Kier alpha value is -2.00. The summed E-state index contributed by atoms with van der Waals surface area (Å²) in [5.74, 6) is -0.510. The van der Waals surface area contributed by atoms with Crippen molar-refractivity contribution in [3.8, 4) is 6.07 Å². The SMILES string of the molecule is C[C@@H]1C(=O)C(C#N)=C[C@]2(C)[C@H]3CC(=O)[C@H]4C5CC(C)(C)CC[C@]5(C(=O)NO)CC[C@@]4(C)[C@]3(C)CC[C@@H]12. The van der Waals surface area contributed by atoms with Gasteiger partial charge in [-0.05, 0) is 84.4 Å². The molecule has 6 heteroatoms. The Balaban J connectivity index is 1.63. The molecule has 0 spiro atoms. The number of nitriles is 1. The number of rotatable bonds is 1. The first-order valence-electron chi connectivity index (χ1n) is 13.9. The van der Waals surface area contributed by atoms with Crippen LogP contribution in [-0.4, -0.2) is 22.7 Å². The predicted octanol–water partition coefficient (Wildman–Crippen LogP) is 5.40. The lowest BCUT2D eigenvalue weighted by molar-refractivity contribution is -0.220. The summed E-state index contributed by atoms with van der Waals surface area (Å²) >= 11 is 0. The molecule has 0 aromatic rings. The van der Waals surface area contributed by atoms with E-state index in [4.69, 9.17) is 0 Å². The average molecular weight is 495 g/mol. The molecule has 1 amide bonds. The normalized spacial score (nSPS) is 49.4. The summed E-state index contributed by atoms with van der Waals surface area (Å²) in [6, 6.07) is 2.16. The van der Waals surface area contributed by atoms with Crippen molar-refractivity contribution in [2.75, 3.05) is 0 Å². The van der Waals surface area contributed by atoms with Gasteiger partial charge in [0.05, 0.1) is 11.0 Å². The van der Waals surface area contributed by atoms with Gasteiger partial charge in [0.25, 0.3) is 0 Å². The summed E-state index contributed by atoms with van der Waals surface area (Å²) < 4.78 is 0. The van der Waals surface area contributed by atoms with Crippen molar-refractivity contribution in [2.45, 2.75) is 92.9 Å². The number of ketones is 2. The van der Waals surface area contributed by atoms with Crippen LogP contribution in [0.3, 0.4) is 0 Å². The summed E-state index contributed by atoms with van der Waals surface area (Å²) in [5, 5.41) is 19.5. The molecule has 4 saturated carbocycles. The molecule has 9 atom stereocenters. The zero-order valence-electron chi connectivity index (χ0n) is 22.7. The van der Waals surface area contributed by atoms with Gasteiger partial charge in [-0.2, -0.15) is 5.26 Å². The summed E-state index contributed by atoms with van der Waals surface area (Å²) in [5.41, 5.74) is 0.736. The number of nitrogens with zero attached hydrogens (tertiary/aromatic N) is 1. The molecule has 5 rings (SSSR count). The summed E-state index contributed by atoms with van der Waals surface area (Å²) in [6.07, 6.45) is 8.05. The highest BCUT2D eigenvalue weighted by Crippen LogP contribution is 2.75. The third-order valence-corrected chi connectivity index (χ3v) is 12.7. The third kappa shape index (κ3) is 3.01. The molecule has 0 aromatic carbocycles. The van der Waals surface area contributed by atoms with E-state index in [0.29, 0.717) is 19.3 Å². The molecule has 0 bridgehead atoms. The number of nitrogens with one attached hydrogen (secondary N) is 1. The maximum atomic E-state index is 14.3. The number of amides is 1. The second-order valence-corrected chi connectivity index (χ2v) is 14.4. The molecule has 5 aliphatic carbocycles. The minimum Gasteiger partial charge on any atom is -0.299 e. The van der Waals surface area contributed by atoms with Crippen molar-refractivity contribution in [1.82, 2.24) is 5.48 Å². The zero-order chi connectivity index (χ0) is 26.5. The van der Waals surface area contributed by atoms with Crippen LogP contribution in [0.5, 0.6) is 0 Å². The van der Waals surface area contributed by atoms with E-state index < -0.39 is 10.8 Å². The van der Waals surface area contributed by atoms with E-state index in [9.17, 15) is 24.9 Å². The number of fused-ring (bicyclic) bond motifs is 7. The number of carbonyl (C=O) groups excluding carboxylic acids is 3. The van der Waals surface area contributed by atoms with Crippen LogP contribution in [0.4, 0.5) is 0 Å². The van der Waals surface area contributed by atoms with Gasteiger partial charge in [-0.25, -0.2) is 5.48 Å². The highest BCUT2D eigenvalue weighted by atomic mass is 16.5. The first-order valence-corrected chi connectivity index (χ1v) is 13.9. The highest BCUT2D eigenvalue weighted by Gasteiger charge is 2.72. The van der Waals surface area contributed by atoms with Crippen LogP contribution in [-0.2, 0) is 14.4 Å². The number of hydrogen-bond acceptors (Lipinski definition) is 5. The fourth-order valence-corrected chi connectivity index (χ4v) is 10.4. The van der Waals surface area contributed by atoms with Crippen LogP contribution in [0.25, 0.3) is 0 Å². The molecular formula is C30H42N2O4. The van der Waals surface area contributed by atoms with Crippen LogP contribution >= 0.6 is 0 Å². The second-order valence-electron chi connectivity index (χ2n) is 14.4. The minimum absolute atomic E-state index is 0.0351. The molecule has 0 aliphatic heterocycles. The molecule has 0 aromatic heterocycles. The molecule has 0 saturated heterocycles. The van der Waals surface area contributed by atoms with Gasteiger partial charge in [0, 0.05) is 18.3 Å². The summed E-state index contributed by atoms with van der Waals surface area (Å²) in [7, 11) is 0. The number of allylic oxidation sites excluding steroid dienone is 2. The van der Waals surface area contributed by atoms with E-state index in [2.05, 4.69) is 40.7 Å². The van der Waals surface area contributed by atoms with E-state index in [-0.39, 0.29) is 68.9 Å². The van der Waals surface area contributed by atoms with Gasteiger partial charge < -0.3 is 0 Å². The Bertz CT molecular complexity index is 1100. The van der Waals surface area contributed by atoms with Crippen molar-refractivity contribution in [3.05, 3.63) is 11.6 Å². The van der Waals surface area contributed by atoms with Crippen LogP contribution in [0.1, 0.15) is 92.9 Å². The van der Waals surface area contributed by atoms with Crippen molar-refractivity contribution < 1.29 is 19.6 Å². The van der Waals surface area contributed by atoms with Gasteiger partial charge in [-0.3, -0.25) is 19.6 Å². The van der Waals surface area contributed by atoms with Crippen molar-refractivity contribution >= 4 is 17.5 Å². The first kappa shape index (κ1) is 25.6. The Morgan fingerprint density at radius 2 is 1.69 bits per heavy atom. The minimum atomic E-state index is -0.700. The molecule has 196 valence electrons.